The third-order valence-electron chi connectivity index (χ3n) is 3.76. The summed E-state index contributed by atoms with van der Waals surface area (Å²) in [5.41, 5.74) is 7.01. The van der Waals surface area contributed by atoms with Crippen LogP contribution in [0.4, 0.5) is 0 Å². The Morgan fingerprint density at radius 2 is 1.83 bits per heavy atom. The van der Waals surface area contributed by atoms with E-state index in [1.165, 1.54) is 11.7 Å². The molecule has 0 amide bonds. The van der Waals surface area contributed by atoms with Gasteiger partial charge in [0.05, 0.1) is 35.3 Å². The minimum absolute atomic E-state index is 0.274. The molecule has 0 radical (unpaired) electrons. The fraction of sp³-hybridized carbons (Fsp3) is 0.167. The van der Waals surface area contributed by atoms with Gasteiger partial charge in [-0.15, -0.1) is 0 Å². The van der Waals surface area contributed by atoms with Crippen molar-refractivity contribution in [3.8, 4) is 5.69 Å². The predicted octanol–water partition coefficient (Wildman–Crippen LogP) is 2.19. The highest BCUT2D eigenvalue weighted by molar-refractivity contribution is 5.93. The van der Waals surface area contributed by atoms with E-state index in [1.54, 1.807) is 49.4 Å². The molecule has 122 valence electrons. The molecule has 0 aliphatic carbocycles. The van der Waals surface area contributed by atoms with Crippen LogP contribution in [0.2, 0.25) is 0 Å². The number of ether oxygens (including phenoxy) is 1. The average molecular weight is 323 g/mol. The minimum Gasteiger partial charge on any atom is -0.465 e. The summed E-state index contributed by atoms with van der Waals surface area (Å²) in [4.78, 5) is 29.6. The van der Waals surface area contributed by atoms with Crippen molar-refractivity contribution >= 4 is 16.9 Å². The first kappa shape index (κ1) is 15.9. The van der Waals surface area contributed by atoms with Crippen LogP contribution < -0.4 is 11.3 Å². The normalized spacial score (nSPS) is 12.1. The molecule has 0 unspecified atom stereocenters. The van der Waals surface area contributed by atoms with Crippen LogP contribution in [0.1, 0.15) is 29.1 Å². The number of methoxy groups -OCH3 is 1. The highest BCUT2D eigenvalue weighted by atomic mass is 16.5. The van der Waals surface area contributed by atoms with Gasteiger partial charge in [-0.3, -0.25) is 9.36 Å². The Morgan fingerprint density at radius 3 is 2.54 bits per heavy atom. The molecule has 3 aromatic rings. The van der Waals surface area contributed by atoms with E-state index in [4.69, 9.17) is 10.5 Å². The predicted molar refractivity (Wildman–Crippen MR) is 91.3 cm³/mol. The fourth-order valence-electron chi connectivity index (χ4n) is 2.64. The Hall–Kier alpha value is -2.99. The largest absolute Gasteiger partial charge is 0.465 e. The number of hydrogen-bond acceptors (Lipinski definition) is 5. The van der Waals surface area contributed by atoms with E-state index < -0.39 is 12.0 Å². The number of carbonyl (C=O) groups is 1. The first-order valence-electron chi connectivity index (χ1n) is 7.49. The molecule has 0 saturated carbocycles. The van der Waals surface area contributed by atoms with Crippen LogP contribution in [0.15, 0.2) is 53.3 Å². The second kappa shape index (κ2) is 6.25. The van der Waals surface area contributed by atoms with Crippen molar-refractivity contribution in [1.29, 1.82) is 0 Å². The van der Waals surface area contributed by atoms with Crippen LogP contribution >= 0.6 is 0 Å². The van der Waals surface area contributed by atoms with Gasteiger partial charge in [-0.05, 0) is 31.2 Å². The molecule has 0 spiro atoms. The highest BCUT2D eigenvalue weighted by Crippen LogP contribution is 2.20. The summed E-state index contributed by atoms with van der Waals surface area (Å²) >= 11 is 0. The van der Waals surface area contributed by atoms with E-state index in [0.29, 0.717) is 22.4 Å². The summed E-state index contributed by atoms with van der Waals surface area (Å²) in [5.74, 6) is -0.142. The molecule has 24 heavy (non-hydrogen) atoms. The molecule has 0 saturated heterocycles. The molecule has 1 heterocycles. The standard InChI is InChI=1S/C18H17N3O3/c1-11(19)16-20-14-9-5-3-7-12(14)17(22)21(16)15-10-6-4-8-13(15)18(23)24-2/h3-11H,19H2,1-2H3/t11-/m0/s1. The van der Waals surface area contributed by atoms with Crippen molar-refractivity contribution in [1.82, 2.24) is 9.55 Å². The van der Waals surface area contributed by atoms with Crippen molar-refractivity contribution in [2.75, 3.05) is 7.11 Å². The SMILES string of the molecule is COC(=O)c1ccccc1-n1c([C@H](C)N)nc2ccccc2c1=O. The Bertz CT molecular complexity index is 977. The van der Waals surface area contributed by atoms with Gasteiger partial charge in [0.2, 0.25) is 0 Å². The lowest BCUT2D eigenvalue weighted by atomic mass is 10.1. The summed E-state index contributed by atoms with van der Waals surface area (Å²) in [7, 11) is 1.30. The second-order valence-corrected chi connectivity index (χ2v) is 5.43. The van der Waals surface area contributed by atoms with Crippen LogP contribution in [0.3, 0.4) is 0 Å². The van der Waals surface area contributed by atoms with Gasteiger partial charge in [-0.25, -0.2) is 9.78 Å². The molecule has 0 aliphatic heterocycles. The number of hydrogen-bond donors (Lipinski definition) is 1. The van der Waals surface area contributed by atoms with Gasteiger partial charge < -0.3 is 10.5 Å². The number of para-hydroxylation sites is 2. The van der Waals surface area contributed by atoms with Gasteiger partial charge in [0, 0.05) is 0 Å². The molecule has 1 atom stereocenters. The van der Waals surface area contributed by atoms with Crippen LogP contribution in [0.5, 0.6) is 0 Å². The van der Waals surface area contributed by atoms with Gasteiger partial charge in [0.25, 0.3) is 5.56 Å². The Morgan fingerprint density at radius 1 is 1.17 bits per heavy atom. The molecular formula is C18H17N3O3. The van der Waals surface area contributed by atoms with Crippen molar-refractivity contribution in [2.45, 2.75) is 13.0 Å². The summed E-state index contributed by atoms with van der Waals surface area (Å²) in [6, 6.07) is 13.3. The summed E-state index contributed by atoms with van der Waals surface area (Å²) in [5, 5.41) is 0.460. The zero-order valence-electron chi connectivity index (χ0n) is 13.4. The van der Waals surface area contributed by atoms with Crippen molar-refractivity contribution < 1.29 is 9.53 Å². The maximum atomic E-state index is 13.0. The fourth-order valence-corrected chi connectivity index (χ4v) is 2.64. The molecular weight excluding hydrogens is 306 g/mol. The van der Waals surface area contributed by atoms with E-state index >= 15 is 0 Å². The molecule has 6 heteroatoms. The van der Waals surface area contributed by atoms with Gasteiger partial charge in [-0.2, -0.15) is 0 Å². The molecule has 1 aromatic heterocycles. The minimum atomic E-state index is -0.527. The van der Waals surface area contributed by atoms with Crippen LogP contribution in [-0.4, -0.2) is 22.6 Å². The van der Waals surface area contributed by atoms with E-state index in [-0.39, 0.29) is 11.1 Å². The Labute approximate surface area is 138 Å². The average Bonchev–Trinajstić information content (AvgIpc) is 2.61. The second-order valence-electron chi connectivity index (χ2n) is 5.43. The monoisotopic (exact) mass is 323 g/mol. The number of aromatic nitrogens is 2. The lowest BCUT2D eigenvalue weighted by Gasteiger charge is -2.17. The van der Waals surface area contributed by atoms with Crippen LogP contribution in [0.25, 0.3) is 16.6 Å². The third-order valence-corrected chi connectivity index (χ3v) is 3.76. The number of carbonyl (C=O) groups excluding carboxylic acids is 1. The molecule has 6 nitrogen and oxygen atoms in total. The number of nitrogens with two attached hydrogens (primary N) is 1. The lowest BCUT2D eigenvalue weighted by molar-refractivity contribution is 0.0600. The number of esters is 1. The Balaban J connectivity index is 2.42. The van der Waals surface area contributed by atoms with Gasteiger partial charge in [0.1, 0.15) is 5.82 Å². The number of rotatable bonds is 3. The smallest absolute Gasteiger partial charge is 0.339 e. The number of benzene rings is 2. The lowest BCUT2D eigenvalue weighted by Crippen LogP contribution is -2.28. The summed E-state index contributed by atoms with van der Waals surface area (Å²) in [6.45, 7) is 1.74. The number of fused-ring (bicyclic) bond motifs is 1. The summed E-state index contributed by atoms with van der Waals surface area (Å²) < 4.78 is 6.21. The van der Waals surface area contributed by atoms with Crippen molar-refractivity contribution in [3.63, 3.8) is 0 Å². The first-order chi connectivity index (χ1) is 11.5. The maximum absolute atomic E-state index is 13.0. The van der Waals surface area contributed by atoms with Crippen LogP contribution in [0, 0.1) is 0 Å². The number of nitrogens with zero attached hydrogens (tertiary/aromatic N) is 2. The zero-order valence-corrected chi connectivity index (χ0v) is 13.4. The molecule has 0 fully saturated rings. The van der Waals surface area contributed by atoms with Crippen molar-refractivity contribution in [3.05, 3.63) is 70.3 Å². The van der Waals surface area contributed by atoms with E-state index in [2.05, 4.69) is 4.98 Å². The Kier molecular flexibility index (Phi) is 4.14. The van der Waals surface area contributed by atoms with E-state index in [9.17, 15) is 9.59 Å². The van der Waals surface area contributed by atoms with Crippen molar-refractivity contribution in [2.24, 2.45) is 5.73 Å². The van der Waals surface area contributed by atoms with Gasteiger partial charge in [0.15, 0.2) is 0 Å². The van der Waals surface area contributed by atoms with Gasteiger partial charge in [-0.1, -0.05) is 24.3 Å². The first-order valence-corrected chi connectivity index (χ1v) is 7.49. The van der Waals surface area contributed by atoms with Crippen LogP contribution in [-0.2, 0) is 4.74 Å². The quantitative estimate of drug-likeness (QED) is 0.747. The topological polar surface area (TPSA) is 87.2 Å². The van der Waals surface area contributed by atoms with E-state index in [1.807, 2.05) is 6.07 Å². The maximum Gasteiger partial charge on any atom is 0.339 e. The molecule has 0 bridgehead atoms. The van der Waals surface area contributed by atoms with Gasteiger partial charge >= 0.3 is 5.97 Å². The van der Waals surface area contributed by atoms with E-state index in [0.717, 1.165) is 0 Å². The summed E-state index contributed by atoms with van der Waals surface area (Å²) in [6.07, 6.45) is 0. The molecule has 2 N–H and O–H groups in total. The zero-order chi connectivity index (χ0) is 17.3. The molecule has 2 aromatic carbocycles. The molecule has 0 aliphatic rings. The highest BCUT2D eigenvalue weighted by Gasteiger charge is 2.20. The third kappa shape index (κ3) is 2.57. The molecule has 3 rings (SSSR count).